The third-order valence-corrected chi connectivity index (χ3v) is 7.25. The van der Waals surface area contributed by atoms with E-state index in [1.807, 2.05) is 23.0 Å². The molecular weight excluding hydrogens is 498 g/mol. The van der Waals surface area contributed by atoms with Gasteiger partial charge in [-0.3, -0.25) is 24.9 Å². The van der Waals surface area contributed by atoms with Gasteiger partial charge in [-0.25, -0.2) is 8.42 Å². The summed E-state index contributed by atoms with van der Waals surface area (Å²) in [7, 11) is -4.08. The van der Waals surface area contributed by atoms with Crippen molar-refractivity contribution in [1.82, 2.24) is 35.8 Å². The van der Waals surface area contributed by atoms with Crippen LogP contribution in [0.1, 0.15) is 16.8 Å². The molecule has 12 nitrogen and oxygen atoms in total. The van der Waals surface area contributed by atoms with Crippen molar-refractivity contribution >= 4 is 32.8 Å². The third-order valence-electron chi connectivity index (χ3n) is 5.76. The highest BCUT2D eigenvalue weighted by Crippen LogP contribution is 2.19. The molecule has 6 N–H and O–H groups in total. The van der Waals surface area contributed by atoms with Gasteiger partial charge in [0.05, 0.1) is 22.2 Å². The van der Waals surface area contributed by atoms with Crippen molar-refractivity contribution < 1.29 is 23.1 Å². The van der Waals surface area contributed by atoms with Gasteiger partial charge in [0.25, 0.3) is 5.91 Å². The molecule has 0 saturated heterocycles. The molecule has 196 valence electrons. The molecule has 1 amide bonds. The molecule has 2 heterocycles. The highest BCUT2D eigenvalue weighted by atomic mass is 32.2. The first-order chi connectivity index (χ1) is 17.8. The van der Waals surface area contributed by atoms with E-state index in [2.05, 4.69) is 31.1 Å². The number of aryl methyl sites for hydroxylation is 1. The first kappa shape index (κ1) is 26.3. The summed E-state index contributed by atoms with van der Waals surface area (Å²) in [6.07, 6.45) is 6.31. The number of aromatic nitrogens is 2. The van der Waals surface area contributed by atoms with Crippen molar-refractivity contribution in [1.29, 1.82) is 0 Å². The van der Waals surface area contributed by atoms with Gasteiger partial charge in [0.15, 0.2) is 0 Å². The maximum absolute atomic E-state index is 12.9. The van der Waals surface area contributed by atoms with Gasteiger partial charge < -0.3 is 15.7 Å². The molecule has 2 atom stereocenters. The maximum atomic E-state index is 12.9. The molecule has 0 aliphatic carbocycles. The molecule has 0 fully saturated rings. The Morgan fingerprint density at radius 3 is 2.70 bits per heavy atom. The number of nitrogens with one attached hydrogen (secondary N) is 5. The molecule has 3 aromatic rings. The zero-order valence-electron chi connectivity index (χ0n) is 19.9. The van der Waals surface area contributed by atoms with Crippen LogP contribution in [0, 0.1) is 0 Å². The second-order valence-corrected chi connectivity index (χ2v) is 10.1. The number of aliphatic carboxylic acids is 1. The number of fused-ring (bicyclic) bond motifs is 1. The molecular formula is C24H29N7O5S. The third kappa shape index (κ3) is 6.71. The molecule has 1 aliphatic heterocycles. The quantitative estimate of drug-likeness (QED) is 0.180. The van der Waals surface area contributed by atoms with E-state index in [1.165, 1.54) is 24.3 Å². The Bertz CT molecular complexity index is 1370. The molecule has 1 aliphatic rings. The number of carbonyl (C=O) groups excluding carboxylic acids is 1. The van der Waals surface area contributed by atoms with Crippen molar-refractivity contribution in [3.8, 4) is 0 Å². The van der Waals surface area contributed by atoms with Crippen LogP contribution in [0.15, 0.2) is 71.9 Å². The summed E-state index contributed by atoms with van der Waals surface area (Å²) >= 11 is 0. The molecule has 37 heavy (non-hydrogen) atoms. The summed E-state index contributed by atoms with van der Waals surface area (Å²) in [5.74, 6) is -1.94. The lowest BCUT2D eigenvalue weighted by Gasteiger charge is -2.22. The average molecular weight is 528 g/mol. The number of hydrogen-bond donors (Lipinski definition) is 6. The molecule has 13 heteroatoms. The van der Waals surface area contributed by atoms with E-state index in [0.29, 0.717) is 17.5 Å². The minimum atomic E-state index is -4.08. The SMILES string of the molecule is O=C(NCC(NS(=O)(=O)c1ccccc1)C(=O)O)c1cccc2c1cnn2CCCNC1NC=CCN1. The molecule has 0 radical (unpaired) electrons. The summed E-state index contributed by atoms with van der Waals surface area (Å²) in [6, 6.07) is 11.1. The number of amides is 1. The normalized spacial score (nSPS) is 16.3. The molecule has 0 spiro atoms. The number of sulfonamides is 1. The van der Waals surface area contributed by atoms with Gasteiger partial charge in [-0.2, -0.15) is 9.82 Å². The lowest BCUT2D eigenvalue weighted by Crippen LogP contribution is -2.53. The van der Waals surface area contributed by atoms with Gasteiger partial charge in [0.2, 0.25) is 10.0 Å². The lowest BCUT2D eigenvalue weighted by atomic mass is 10.1. The van der Waals surface area contributed by atoms with Crippen LogP contribution in [-0.2, 0) is 21.4 Å². The largest absolute Gasteiger partial charge is 0.480 e. The van der Waals surface area contributed by atoms with Crippen molar-refractivity contribution in [2.24, 2.45) is 0 Å². The summed E-state index contributed by atoms with van der Waals surface area (Å²) in [6.45, 7) is 1.74. The van der Waals surface area contributed by atoms with Crippen LogP contribution in [0.2, 0.25) is 0 Å². The summed E-state index contributed by atoms with van der Waals surface area (Å²) in [5, 5.41) is 26.9. The van der Waals surface area contributed by atoms with Crippen molar-refractivity contribution in [3.05, 3.63) is 72.6 Å². The summed E-state index contributed by atoms with van der Waals surface area (Å²) < 4.78 is 29.0. The molecule has 0 bridgehead atoms. The molecule has 0 saturated carbocycles. The van der Waals surface area contributed by atoms with E-state index in [4.69, 9.17) is 0 Å². The van der Waals surface area contributed by atoms with Crippen molar-refractivity contribution in [2.75, 3.05) is 19.6 Å². The molecule has 2 aromatic carbocycles. The van der Waals surface area contributed by atoms with E-state index in [1.54, 1.807) is 24.4 Å². The van der Waals surface area contributed by atoms with E-state index < -0.39 is 34.5 Å². The molecule has 4 rings (SSSR count). The highest BCUT2D eigenvalue weighted by molar-refractivity contribution is 7.89. The minimum absolute atomic E-state index is 0.0152. The van der Waals surface area contributed by atoms with Crippen LogP contribution in [-0.4, -0.2) is 67.1 Å². The van der Waals surface area contributed by atoms with Crippen LogP contribution in [0.5, 0.6) is 0 Å². The van der Waals surface area contributed by atoms with E-state index >= 15 is 0 Å². The van der Waals surface area contributed by atoms with E-state index in [9.17, 15) is 23.1 Å². The number of carboxylic acids is 1. The average Bonchev–Trinajstić information content (AvgIpc) is 3.33. The van der Waals surface area contributed by atoms with Gasteiger partial charge in [-0.15, -0.1) is 0 Å². The fourth-order valence-corrected chi connectivity index (χ4v) is 5.09. The number of hydrogen-bond acceptors (Lipinski definition) is 8. The number of benzene rings is 2. The Morgan fingerprint density at radius 1 is 1.16 bits per heavy atom. The minimum Gasteiger partial charge on any atom is -0.480 e. The number of carboxylic acid groups (broad SMARTS) is 1. The standard InChI is InChI=1S/C24H29N7O5S/c32-22(28-16-20(23(33)34)30-37(35,36)17-7-2-1-3-8-17)18-9-4-10-21-19(18)15-29-31(21)14-6-13-27-24-25-11-5-12-26-24/h1-5,7-11,15,20,24-27,30H,6,12-14,16H2,(H,28,32)(H,33,34). The fourth-order valence-electron chi connectivity index (χ4n) is 3.88. The first-order valence-electron chi connectivity index (χ1n) is 11.8. The number of nitrogens with zero attached hydrogens (tertiary/aromatic N) is 2. The molecule has 2 unspecified atom stereocenters. The fraction of sp³-hybridized carbons (Fsp3) is 0.292. The zero-order valence-corrected chi connectivity index (χ0v) is 20.7. The zero-order chi connectivity index (χ0) is 26.3. The monoisotopic (exact) mass is 527 g/mol. The van der Waals surface area contributed by atoms with Gasteiger partial charge in [0.1, 0.15) is 12.3 Å². The van der Waals surface area contributed by atoms with Gasteiger partial charge in [-0.05, 0) is 36.9 Å². The van der Waals surface area contributed by atoms with Crippen LogP contribution in [0.4, 0.5) is 0 Å². The maximum Gasteiger partial charge on any atom is 0.323 e. The van der Waals surface area contributed by atoms with E-state index in [0.717, 1.165) is 25.0 Å². The van der Waals surface area contributed by atoms with Crippen LogP contribution >= 0.6 is 0 Å². The second kappa shape index (κ2) is 12.0. The summed E-state index contributed by atoms with van der Waals surface area (Å²) in [4.78, 5) is 24.5. The Kier molecular flexibility index (Phi) is 8.50. The molecule has 1 aromatic heterocycles. The smallest absolute Gasteiger partial charge is 0.323 e. The number of rotatable bonds is 12. The van der Waals surface area contributed by atoms with Crippen LogP contribution in [0.3, 0.4) is 0 Å². The van der Waals surface area contributed by atoms with Gasteiger partial charge in [0, 0.05) is 31.6 Å². The predicted molar refractivity (Wildman–Crippen MR) is 137 cm³/mol. The summed E-state index contributed by atoms with van der Waals surface area (Å²) in [5.41, 5.74) is 1.09. The highest BCUT2D eigenvalue weighted by Gasteiger charge is 2.26. The Labute approximate surface area is 214 Å². The Morgan fingerprint density at radius 2 is 1.97 bits per heavy atom. The Hall–Kier alpha value is -3.78. The second-order valence-electron chi connectivity index (χ2n) is 8.36. The van der Waals surface area contributed by atoms with Gasteiger partial charge in [-0.1, -0.05) is 30.3 Å². The topological polar surface area (TPSA) is 166 Å². The van der Waals surface area contributed by atoms with Crippen molar-refractivity contribution in [2.45, 2.75) is 30.2 Å². The van der Waals surface area contributed by atoms with Crippen LogP contribution in [0.25, 0.3) is 10.9 Å². The number of carbonyl (C=O) groups is 2. The van der Waals surface area contributed by atoms with E-state index in [-0.39, 0.29) is 11.2 Å². The van der Waals surface area contributed by atoms with Gasteiger partial charge >= 0.3 is 5.97 Å². The van der Waals surface area contributed by atoms with Crippen LogP contribution < -0.4 is 26.0 Å². The van der Waals surface area contributed by atoms with Crippen molar-refractivity contribution in [3.63, 3.8) is 0 Å². The Balaban J connectivity index is 1.37. The predicted octanol–water partition coefficient (Wildman–Crippen LogP) is 0.168. The lowest BCUT2D eigenvalue weighted by molar-refractivity contribution is -0.138. The first-order valence-corrected chi connectivity index (χ1v) is 13.2.